The van der Waals surface area contributed by atoms with Gasteiger partial charge in [0, 0.05) is 18.2 Å². The first kappa shape index (κ1) is 27.9. The van der Waals surface area contributed by atoms with Crippen molar-refractivity contribution < 1.29 is 29.3 Å². The Hall–Kier alpha value is -2.34. The van der Waals surface area contributed by atoms with Crippen LogP contribution in [-0.2, 0) is 27.4 Å². The number of carboxylic acids is 2. The number of thiocarbonyl (C=S) groups is 1. The molecule has 1 saturated heterocycles. The van der Waals surface area contributed by atoms with Crippen molar-refractivity contribution >= 4 is 66.8 Å². The van der Waals surface area contributed by atoms with Crippen LogP contribution in [0.3, 0.4) is 0 Å². The standard InChI is InChI=1S/C16H15Br2NO3.C7H9NO3S/c17-12-6-11(8-14(19)16(20)21)7-13(18)15(12)22-9-10-4-2-1-3-5-10;1-4(9)8-3-5(12)2-6(8)7(10)11/h1-7,14H,8-9,19H2,(H,20,21);6H,2-3H2,1H3,(H,10,11)/t14-;6-/m00/s1. The summed E-state index contributed by atoms with van der Waals surface area (Å²) in [6, 6.07) is 11.8. The summed E-state index contributed by atoms with van der Waals surface area (Å²) < 4.78 is 7.33. The molecule has 182 valence electrons. The van der Waals surface area contributed by atoms with Gasteiger partial charge in [-0.05, 0) is 61.5 Å². The second-order valence-electron chi connectivity index (χ2n) is 7.56. The van der Waals surface area contributed by atoms with Crippen LogP contribution in [0.15, 0.2) is 51.4 Å². The van der Waals surface area contributed by atoms with Crippen LogP contribution in [0, 0.1) is 0 Å². The number of ether oxygens (including phenoxy) is 1. The predicted molar refractivity (Wildman–Crippen MR) is 138 cm³/mol. The van der Waals surface area contributed by atoms with Crippen LogP contribution < -0.4 is 10.5 Å². The van der Waals surface area contributed by atoms with Crippen LogP contribution >= 0.6 is 44.1 Å². The summed E-state index contributed by atoms with van der Waals surface area (Å²) in [5.41, 5.74) is 7.45. The zero-order chi connectivity index (χ0) is 25.4. The Bertz CT molecular complexity index is 1020. The number of nitrogens with zero attached hydrogens (tertiary/aromatic N) is 1. The molecule has 2 atom stereocenters. The number of rotatable bonds is 7. The smallest absolute Gasteiger partial charge is 0.326 e. The molecule has 1 heterocycles. The van der Waals surface area contributed by atoms with Crippen molar-refractivity contribution in [2.75, 3.05) is 6.54 Å². The Morgan fingerprint density at radius 2 is 1.74 bits per heavy atom. The highest BCUT2D eigenvalue weighted by Gasteiger charge is 2.34. The molecule has 34 heavy (non-hydrogen) atoms. The lowest BCUT2D eigenvalue weighted by Crippen LogP contribution is -2.39. The highest BCUT2D eigenvalue weighted by atomic mass is 79.9. The number of benzene rings is 2. The van der Waals surface area contributed by atoms with E-state index in [-0.39, 0.29) is 12.3 Å². The Labute approximate surface area is 219 Å². The van der Waals surface area contributed by atoms with Crippen LogP contribution in [0.2, 0.25) is 0 Å². The highest BCUT2D eigenvalue weighted by molar-refractivity contribution is 9.11. The third-order valence-corrected chi connectivity index (χ3v) is 6.36. The minimum atomic E-state index is -1.02. The van der Waals surface area contributed by atoms with Crippen LogP contribution in [0.4, 0.5) is 0 Å². The molecule has 1 aliphatic heterocycles. The maximum Gasteiger partial charge on any atom is 0.326 e. The van der Waals surface area contributed by atoms with Crippen molar-refractivity contribution in [1.29, 1.82) is 0 Å². The molecule has 4 N–H and O–H groups in total. The van der Waals surface area contributed by atoms with Crippen LogP contribution in [0.5, 0.6) is 5.75 Å². The van der Waals surface area contributed by atoms with Gasteiger partial charge in [0.1, 0.15) is 24.4 Å². The fourth-order valence-corrected chi connectivity index (χ4v) is 4.99. The molecule has 3 rings (SSSR count). The quantitative estimate of drug-likeness (QED) is 0.401. The molecule has 0 spiro atoms. The number of hydrogen-bond acceptors (Lipinski definition) is 6. The van der Waals surface area contributed by atoms with Crippen molar-refractivity contribution in [3.8, 4) is 5.75 Å². The van der Waals surface area contributed by atoms with Crippen LogP contribution in [0.1, 0.15) is 24.5 Å². The lowest BCUT2D eigenvalue weighted by molar-refractivity contribution is -0.147. The van der Waals surface area contributed by atoms with Gasteiger partial charge in [-0.2, -0.15) is 0 Å². The van der Waals surface area contributed by atoms with E-state index >= 15 is 0 Å². The van der Waals surface area contributed by atoms with E-state index in [1.165, 1.54) is 11.8 Å². The zero-order valence-electron chi connectivity index (χ0n) is 18.2. The molecular formula is C23H24Br2N2O6S. The summed E-state index contributed by atoms with van der Waals surface area (Å²) in [4.78, 5) is 34.3. The second kappa shape index (κ2) is 12.9. The third-order valence-electron chi connectivity index (χ3n) is 4.89. The van der Waals surface area contributed by atoms with Gasteiger partial charge in [0.2, 0.25) is 5.91 Å². The van der Waals surface area contributed by atoms with Gasteiger partial charge in [-0.1, -0.05) is 42.5 Å². The van der Waals surface area contributed by atoms with E-state index in [0.29, 0.717) is 30.2 Å². The summed E-state index contributed by atoms with van der Waals surface area (Å²) in [5.74, 6) is -1.56. The topological polar surface area (TPSA) is 130 Å². The summed E-state index contributed by atoms with van der Waals surface area (Å²) >= 11 is 11.8. The minimum Gasteiger partial charge on any atom is -0.487 e. The molecular weight excluding hydrogens is 592 g/mol. The number of halogens is 2. The fourth-order valence-electron chi connectivity index (χ4n) is 3.18. The SMILES string of the molecule is CC(=O)N1CC(=S)C[C@H]1C(=O)O.N[C@@H](Cc1cc(Br)c(OCc2ccccc2)c(Br)c1)C(=O)O. The van der Waals surface area contributed by atoms with Crippen molar-refractivity contribution in [1.82, 2.24) is 4.90 Å². The molecule has 0 unspecified atom stereocenters. The van der Waals surface area contributed by atoms with Crippen molar-refractivity contribution in [3.63, 3.8) is 0 Å². The molecule has 1 fully saturated rings. The van der Waals surface area contributed by atoms with Gasteiger partial charge < -0.3 is 25.6 Å². The molecule has 0 bridgehead atoms. The molecule has 0 aliphatic carbocycles. The van der Waals surface area contributed by atoms with Gasteiger partial charge in [0.05, 0.1) is 15.5 Å². The van der Waals surface area contributed by atoms with E-state index in [0.717, 1.165) is 20.1 Å². The average Bonchev–Trinajstić information content (AvgIpc) is 3.17. The first-order valence-electron chi connectivity index (χ1n) is 10.1. The molecule has 2 aromatic carbocycles. The number of amides is 1. The van der Waals surface area contributed by atoms with Crippen molar-refractivity contribution in [2.24, 2.45) is 5.73 Å². The third kappa shape index (κ3) is 8.15. The van der Waals surface area contributed by atoms with Gasteiger partial charge in [0.15, 0.2) is 0 Å². The first-order valence-corrected chi connectivity index (χ1v) is 12.1. The summed E-state index contributed by atoms with van der Waals surface area (Å²) in [5, 5.41) is 17.6. The number of carbonyl (C=O) groups is 3. The number of nitrogens with two attached hydrogens (primary N) is 1. The number of hydrogen-bond donors (Lipinski definition) is 3. The Kier molecular flexibility index (Phi) is 10.6. The number of carboxylic acid groups (broad SMARTS) is 2. The zero-order valence-corrected chi connectivity index (χ0v) is 22.2. The van der Waals surface area contributed by atoms with Crippen molar-refractivity contribution in [3.05, 3.63) is 62.5 Å². The molecule has 0 saturated carbocycles. The van der Waals surface area contributed by atoms with E-state index in [1.807, 2.05) is 42.5 Å². The first-order chi connectivity index (χ1) is 16.0. The van der Waals surface area contributed by atoms with Gasteiger partial charge in [-0.15, -0.1) is 0 Å². The van der Waals surface area contributed by atoms with Gasteiger partial charge in [-0.3, -0.25) is 9.59 Å². The molecule has 11 heteroatoms. The molecule has 0 aromatic heterocycles. The Morgan fingerprint density at radius 3 is 2.21 bits per heavy atom. The van der Waals surface area contributed by atoms with Gasteiger partial charge in [-0.25, -0.2) is 4.79 Å². The minimum absolute atomic E-state index is 0.234. The summed E-state index contributed by atoms with van der Waals surface area (Å²) in [7, 11) is 0. The Morgan fingerprint density at radius 1 is 1.15 bits per heavy atom. The lowest BCUT2D eigenvalue weighted by Gasteiger charge is -2.18. The normalized spacial score (nSPS) is 15.8. The highest BCUT2D eigenvalue weighted by Crippen LogP contribution is 2.35. The molecule has 0 radical (unpaired) electrons. The lowest BCUT2D eigenvalue weighted by atomic mass is 10.1. The van der Waals surface area contributed by atoms with E-state index < -0.39 is 24.0 Å². The maximum atomic E-state index is 10.9. The maximum absolute atomic E-state index is 10.9. The number of aliphatic carboxylic acids is 2. The predicted octanol–water partition coefficient (Wildman–Crippen LogP) is 3.81. The fraction of sp³-hybridized carbons (Fsp3) is 0.304. The summed E-state index contributed by atoms with van der Waals surface area (Å²) in [6.07, 6.45) is 0.565. The molecule has 1 aliphatic rings. The molecule has 2 aromatic rings. The van der Waals surface area contributed by atoms with E-state index in [1.54, 1.807) is 0 Å². The Balaban J connectivity index is 0.000000287. The van der Waals surface area contributed by atoms with E-state index in [9.17, 15) is 14.4 Å². The average molecular weight is 616 g/mol. The monoisotopic (exact) mass is 614 g/mol. The van der Waals surface area contributed by atoms with Gasteiger partial charge >= 0.3 is 11.9 Å². The largest absolute Gasteiger partial charge is 0.487 e. The second-order valence-corrected chi connectivity index (χ2v) is 9.84. The number of carbonyl (C=O) groups excluding carboxylic acids is 1. The number of likely N-dealkylation sites (tertiary alicyclic amines) is 1. The van der Waals surface area contributed by atoms with Gasteiger partial charge in [0.25, 0.3) is 0 Å². The van der Waals surface area contributed by atoms with E-state index in [4.69, 9.17) is 32.9 Å². The molecule has 1 amide bonds. The van der Waals surface area contributed by atoms with Crippen LogP contribution in [0.25, 0.3) is 0 Å². The van der Waals surface area contributed by atoms with E-state index in [2.05, 4.69) is 31.9 Å². The molecule has 8 nitrogen and oxygen atoms in total. The summed E-state index contributed by atoms with van der Waals surface area (Å²) in [6.45, 7) is 2.11. The van der Waals surface area contributed by atoms with Crippen LogP contribution in [-0.4, -0.2) is 56.5 Å². The van der Waals surface area contributed by atoms with Crippen molar-refractivity contribution in [2.45, 2.75) is 38.5 Å².